The lowest BCUT2D eigenvalue weighted by Gasteiger charge is -2.20. The Morgan fingerprint density at radius 1 is 1.00 bits per heavy atom. The van der Waals surface area contributed by atoms with E-state index < -0.39 is 21.7 Å². The number of nitrogens with one attached hydrogen (secondary N) is 1. The van der Waals surface area contributed by atoms with Crippen molar-refractivity contribution in [2.75, 3.05) is 11.6 Å². The maximum Gasteiger partial charge on any atom is 0.269 e. The number of sulfone groups is 1. The van der Waals surface area contributed by atoms with Gasteiger partial charge in [-0.05, 0) is 66.9 Å². The average molecular weight is 555 g/mol. The lowest BCUT2D eigenvalue weighted by Crippen LogP contribution is -2.16. The van der Waals surface area contributed by atoms with E-state index in [-0.39, 0.29) is 26.2 Å². The molecule has 11 heteroatoms. The molecule has 3 N–H and O–H groups in total. The molecule has 0 saturated carbocycles. The molecule has 4 aromatic rings. The lowest BCUT2D eigenvalue weighted by atomic mass is 9.88. The number of hydrogen-bond donors (Lipinski definition) is 2. The summed E-state index contributed by atoms with van der Waals surface area (Å²) in [6, 6.07) is 16.5. The number of halogens is 2. The molecule has 37 heavy (non-hydrogen) atoms. The predicted octanol–water partition coefficient (Wildman–Crippen LogP) is 4.70. The minimum Gasteiger partial charge on any atom is -0.364 e. The highest BCUT2D eigenvalue weighted by molar-refractivity contribution is 7.90. The first-order valence-electron chi connectivity index (χ1n) is 11.2. The third-order valence-electron chi connectivity index (χ3n) is 6.18. The Hall–Kier alpha value is -3.66. The number of anilines is 1. The Kier molecular flexibility index (Phi) is 6.31. The smallest absolute Gasteiger partial charge is 0.269 e. The number of aromatic nitrogens is 2. The van der Waals surface area contributed by atoms with Gasteiger partial charge in [0, 0.05) is 23.1 Å². The van der Waals surface area contributed by atoms with E-state index in [1.165, 1.54) is 12.1 Å². The molecule has 0 unspecified atom stereocenters. The van der Waals surface area contributed by atoms with Crippen molar-refractivity contribution >= 4 is 50.5 Å². The highest BCUT2D eigenvalue weighted by Gasteiger charge is 2.28. The third kappa shape index (κ3) is 4.61. The number of aryl methyl sites for hydroxylation is 1. The minimum absolute atomic E-state index is 0.144. The first-order valence-corrected chi connectivity index (χ1v) is 13.8. The van der Waals surface area contributed by atoms with Crippen LogP contribution in [0, 0.1) is 0 Å². The van der Waals surface area contributed by atoms with Crippen molar-refractivity contribution in [2.45, 2.75) is 17.7 Å². The molecule has 0 bridgehead atoms. The zero-order valence-electron chi connectivity index (χ0n) is 19.5. The number of carbonyl (C=O) groups excluding carboxylic acids is 2. The zero-order chi connectivity index (χ0) is 26.5. The summed E-state index contributed by atoms with van der Waals surface area (Å²) in [4.78, 5) is 25.4. The zero-order valence-corrected chi connectivity index (χ0v) is 21.8. The van der Waals surface area contributed by atoms with Gasteiger partial charge in [-0.15, -0.1) is 0 Å². The highest BCUT2D eigenvalue weighted by atomic mass is 35.5. The van der Waals surface area contributed by atoms with E-state index in [1.54, 1.807) is 47.1 Å². The molecule has 0 spiro atoms. The number of nitrogens with zero attached hydrogens (tertiary/aromatic N) is 2. The monoisotopic (exact) mass is 554 g/mol. The Balaban J connectivity index is 1.61. The minimum atomic E-state index is -3.39. The molecule has 3 aromatic carbocycles. The van der Waals surface area contributed by atoms with Crippen LogP contribution in [0.3, 0.4) is 0 Å². The normalized spacial score (nSPS) is 12.5. The molecule has 0 aliphatic heterocycles. The lowest BCUT2D eigenvalue weighted by molar-refractivity contribution is 0.0992. The van der Waals surface area contributed by atoms with Crippen LogP contribution in [-0.4, -0.2) is 36.3 Å². The molecule has 0 radical (unpaired) electrons. The number of primary amides is 1. The van der Waals surface area contributed by atoms with Gasteiger partial charge in [0.15, 0.2) is 15.5 Å². The summed E-state index contributed by atoms with van der Waals surface area (Å²) in [6.45, 7) is 0. The highest BCUT2D eigenvalue weighted by Crippen LogP contribution is 2.38. The summed E-state index contributed by atoms with van der Waals surface area (Å²) in [5.41, 5.74) is 10.1. The van der Waals surface area contributed by atoms with Crippen LogP contribution in [0.4, 0.5) is 5.69 Å². The molecule has 1 aromatic heterocycles. The van der Waals surface area contributed by atoms with Crippen molar-refractivity contribution in [1.82, 2.24) is 9.78 Å². The molecule has 1 aliphatic rings. The van der Waals surface area contributed by atoms with Crippen molar-refractivity contribution in [3.8, 4) is 16.9 Å². The Labute approximate surface area is 222 Å². The predicted molar refractivity (Wildman–Crippen MR) is 142 cm³/mol. The van der Waals surface area contributed by atoms with Gasteiger partial charge < -0.3 is 11.1 Å². The SMILES string of the molecule is CS(=O)(=O)c1ccc(-n2nc(C(N)=O)c3c2-c2cc(NC(=O)c4c(Cl)cccc4Cl)ccc2CC3)cc1. The number of benzene rings is 3. The number of carbonyl (C=O) groups is 2. The molecule has 0 atom stereocenters. The van der Waals surface area contributed by atoms with Crippen LogP contribution in [0.2, 0.25) is 10.0 Å². The van der Waals surface area contributed by atoms with Crippen LogP contribution in [0.15, 0.2) is 65.6 Å². The second kappa shape index (κ2) is 9.33. The maximum atomic E-state index is 13.0. The average Bonchev–Trinajstić information content (AvgIpc) is 3.24. The van der Waals surface area contributed by atoms with Crippen molar-refractivity contribution in [3.05, 3.63) is 93.1 Å². The Bertz CT molecular complexity index is 1680. The molecule has 188 valence electrons. The summed E-state index contributed by atoms with van der Waals surface area (Å²) in [6.07, 6.45) is 2.32. The largest absolute Gasteiger partial charge is 0.364 e. The topological polar surface area (TPSA) is 124 Å². The van der Waals surface area contributed by atoms with Gasteiger partial charge in [-0.1, -0.05) is 35.3 Å². The first kappa shape index (κ1) is 25.0. The van der Waals surface area contributed by atoms with Crippen molar-refractivity contribution < 1.29 is 18.0 Å². The molecular formula is C26H20Cl2N4O4S. The second-order valence-electron chi connectivity index (χ2n) is 8.64. The van der Waals surface area contributed by atoms with Gasteiger partial charge in [-0.25, -0.2) is 13.1 Å². The van der Waals surface area contributed by atoms with E-state index in [9.17, 15) is 18.0 Å². The fraction of sp³-hybridized carbons (Fsp3) is 0.115. The molecule has 0 saturated heterocycles. The fourth-order valence-electron chi connectivity index (χ4n) is 4.44. The van der Waals surface area contributed by atoms with E-state index in [0.29, 0.717) is 35.5 Å². The fourth-order valence-corrected chi connectivity index (χ4v) is 5.64. The van der Waals surface area contributed by atoms with Crippen LogP contribution in [0.5, 0.6) is 0 Å². The molecule has 1 heterocycles. The first-order chi connectivity index (χ1) is 17.5. The van der Waals surface area contributed by atoms with Crippen LogP contribution in [0.1, 0.15) is 32.0 Å². The Morgan fingerprint density at radius 3 is 2.30 bits per heavy atom. The van der Waals surface area contributed by atoms with E-state index in [4.69, 9.17) is 28.9 Å². The van der Waals surface area contributed by atoms with Crippen LogP contribution < -0.4 is 11.1 Å². The summed E-state index contributed by atoms with van der Waals surface area (Å²) in [5, 5.41) is 7.78. The van der Waals surface area contributed by atoms with Crippen molar-refractivity contribution in [2.24, 2.45) is 5.73 Å². The van der Waals surface area contributed by atoms with Crippen LogP contribution in [0.25, 0.3) is 16.9 Å². The van der Waals surface area contributed by atoms with Gasteiger partial charge in [-0.3, -0.25) is 9.59 Å². The van der Waals surface area contributed by atoms with E-state index in [1.807, 2.05) is 6.07 Å². The number of amides is 2. The van der Waals surface area contributed by atoms with Gasteiger partial charge >= 0.3 is 0 Å². The van der Waals surface area contributed by atoms with Crippen molar-refractivity contribution in [1.29, 1.82) is 0 Å². The van der Waals surface area contributed by atoms with E-state index in [0.717, 1.165) is 17.4 Å². The van der Waals surface area contributed by atoms with Crippen LogP contribution >= 0.6 is 23.2 Å². The van der Waals surface area contributed by atoms with Gasteiger partial charge in [0.2, 0.25) is 0 Å². The van der Waals surface area contributed by atoms with E-state index >= 15 is 0 Å². The molecule has 0 fully saturated rings. The van der Waals surface area contributed by atoms with Gasteiger partial charge in [-0.2, -0.15) is 5.10 Å². The second-order valence-corrected chi connectivity index (χ2v) is 11.5. The van der Waals surface area contributed by atoms with E-state index in [2.05, 4.69) is 10.4 Å². The van der Waals surface area contributed by atoms with Crippen molar-refractivity contribution in [3.63, 3.8) is 0 Å². The maximum absolute atomic E-state index is 13.0. The van der Waals surface area contributed by atoms with Gasteiger partial charge in [0.1, 0.15) is 0 Å². The number of hydrogen-bond acceptors (Lipinski definition) is 5. The summed E-state index contributed by atoms with van der Waals surface area (Å²) < 4.78 is 25.4. The standard InChI is InChI=1S/C26H20Cl2N4O4S/c1-37(35,36)17-10-8-16(9-11-17)32-24-18(23(31-32)25(29)33)12-6-14-5-7-15(13-19(14)24)30-26(34)22-20(27)3-2-4-21(22)28/h2-5,7-11,13H,6,12H2,1H3,(H2,29,33)(H,30,34). The quantitative estimate of drug-likeness (QED) is 0.370. The summed E-state index contributed by atoms with van der Waals surface area (Å²) in [5.74, 6) is -1.13. The number of rotatable bonds is 5. The molecule has 8 nitrogen and oxygen atoms in total. The number of fused-ring (bicyclic) bond motifs is 3. The van der Waals surface area contributed by atoms with Gasteiger partial charge in [0.05, 0.1) is 31.9 Å². The molecule has 2 amide bonds. The summed E-state index contributed by atoms with van der Waals surface area (Å²) >= 11 is 12.4. The third-order valence-corrected chi connectivity index (χ3v) is 7.94. The Morgan fingerprint density at radius 2 is 1.68 bits per heavy atom. The van der Waals surface area contributed by atoms with Gasteiger partial charge in [0.25, 0.3) is 11.8 Å². The molecule has 5 rings (SSSR count). The number of nitrogens with two attached hydrogens (primary N) is 1. The van der Waals surface area contributed by atoms with Crippen LogP contribution in [-0.2, 0) is 22.7 Å². The molecule has 1 aliphatic carbocycles. The molecular weight excluding hydrogens is 535 g/mol. The summed E-state index contributed by atoms with van der Waals surface area (Å²) in [7, 11) is -3.39.